The smallest absolute Gasteiger partial charge is 0.0133 e. The molecule has 0 unspecified atom stereocenters. The monoisotopic (exact) mass is 288 g/mol. The van der Waals surface area contributed by atoms with Gasteiger partial charge in [-0.05, 0) is 58.7 Å². The molecule has 0 radical (unpaired) electrons. The van der Waals surface area contributed by atoms with Gasteiger partial charge < -0.3 is 0 Å². The lowest BCUT2D eigenvalue weighted by atomic mass is 9.97. The van der Waals surface area contributed by atoms with Crippen LogP contribution in [0.4, 0.5) is 0 Å². The van der Waals surface area contributed by atoms with E-state index in [1.807, 2.05) is 0 Å². The van der Waals surface area contributed by atoms with Gasteiger partial charge in [-0.15, -0.1) is 12.6 Å². The number of allylic oxidation sites excluding steroid dienone is 1. The van der Waals surface area contributed by atoms with Crippen LogP contribution in [0.25, 0.3) is 4.91 Å². The molecule has 0 amide bonds. The second-order valence-corrected chi connectivity index (χ2v) is 4.66. The van der Waals surface area contributed by atoms with E-state index in [1.54, 1.807) is 0 Å². The largest absolute Gasteiger partial charge is 0.143 e. The van der Waals surface area contributed by atoms with E-state index in [2.05, 4.69) is 59.5 Å². The Hall–Kier alpha value is 0.0400. The Morgan fingerprint density at radius 3 is 3.00 bits per heavy atom. The zero-order valence-corrected chi connectivity index (χ0v) is 9.60. The molecule has 0 heterocycles. The van der Waals surface area contributed by atoms with Crippen LogP contribution in [0.5, 0.6) is 0 Å². The third-order valence-corrected chi connectivity index (χ3v) is 3.19. The van der Waals surface area contributed by atoms with Crippen LogP contribution in [0.2, 0.25) is 0 Å². The van der Waals surface area contributed by atoms with Crippen molar-refractivity contribution in [2.45, 2.75) is 12.8 Å². The second kappa shape index (κ2) is 3.42. The molecule has 1 aromatic rings. The molecule has 62 valence electrons. The Labute approximate surface area is 91.6 Å². The predicted octanol–water partition coefficient (Wildman–Crippen LogP) is 3.51. The molecule has 0 fully saturated rings. The fourth-order valence-corrected chi connectivity index (χ4v) is 2.40. The van der Waals surface area contributed by atoms with Gasteiger partial charge in [-0.2, -0.15) is 0 Å². The number of fused-ring (bicyclic) bond motifs is 1. The van der Waals surface area contributed by atoms with Crippen LogP contribution < -0.4 is 0 Å². The minimum absolute atomic E-state index is 1.13. The molecule has 0 bridgehead atoms. The van der Waals surface area contributed by atoms with Gasteiger partial charge in [-0.3, -0.25) is 0 Å². The zero-order chi connectivity index (χ0) is 8.55. The molecule has 1 aromatic carbocycles. The summed E-state index contributed by atoms with van der Waals surface area (Å²) in [5.74, 6) is 0. The van der Waals surface area contributed by atoms with Crippen molar-refractivity contribution >= 4 is 40.1 Å². The highest BCUT2D eigenvalue weighted by Gasteiger charge is 2.09. The molecule has 12 heavy (non-hydrogen) atoms. The van der Waals surface area contributed by atoms with E-state index in [0.29, 0.717) is 0 Å². The van der Waals surface area contributed by atoms with Crippen LogP contribution in [0, 0.1) is 3.57 Å². The average Bonchev–Trinajstić information content (AvgIpc) is 2.04. The second-order valence-electron chi connectivity index (χ2n) is 2.93. The Morgan fingerprint density at radius 1 is 1.33 bits per heavy atom. The van der Waals surface area contributed by atoms with Crippen molar-refractivity contribution in [3.05, 3.63) is 39.0 Å². The highest BCUT2D eigenvalue weighted by Crippen LogP contribution is 2.29. The van der Waals surface area contributed by atoms with Gasteiger partial charge in [-0.25, -0.2) is 0 Å². The van der Waals surface area contributed by atoms with Crippen molar-refractivity contribution in [3.63, 3.8) is 0 Å². The molecule has 0 saturated carbocycles. The lowest BCUT2D eigenvalue weighted by Crippen LogP contribution is -1.96. The molecule has 0 spiro atoms. The van der Waals surface area contributed by atoms with Crippen molar-refractivity contribution in [1.29, 1.82) is 0 Å². The average molecular weight is 288 g/mol. The van der Waals surface area contributed by atoms with E-state index >= 15 is 0 Å². The number of thiol groups is 1. The van der Waals surface area contributed by atoms with Gasteiger partial charge in [0.1, 0.15) is 0 Å². The predicted molar refractivity (Wildman–Crippen MR) is 64.4 cm³/mol. The third kappa shape index (κ3) is 1.55. The molecule has 0 N–H and O–H groups in total. The summed E-state index contributed by atoms with van der Waals surface area (Å²) in [7, 11) is 0. The molecule has 2 rings (SSSR count). The Kier molecular flexibility index (Phi) is 2.46. The minimum atomic E-state index is 1.13. The van der Waals surface area contributed by atoms with Crippen LogP contribution in [-0.2, 0) is 6.42 Å². The summed E-state index contributed by atoms with van der Waals surface area (Å²) in [6.45, 7) is 0. The number of rotatable bonds is 0. The molecule has 0 aliphatic heterocycles. The summed E-state index contributed by atoms with van der Waals surface area (Å²) in [6.07, 6.45) is 4.49. The summed E-state index contributed by atoms with van der Waals surface area (Å²) in [5, 5.41) is 0. The van der Waals surface area contributed by atoms with Crippen LogP contribution >= 0.6 is 35.2 Å². The topological polar surface area (TPSA) is 0 Å². The van der Waals surface area contributed by atoms with Crippen molar-refractivity contribution in [2.24, 2.45) is 0 Å². The van der Waals surface area contributed by atoms with E-state index < -0.39 is 0 Å². The zero-order valence-electron chi connectivity index (χ0n) is 6.55. The molecule has 0 atom stereocenters. The highest BCUT2D eigenvalue weighted by atomic mass is 127. The third-order valence-electron chi connectivity index (χ3n) is 2.09. The first-order valence-electron chi connectivity index (χ1n) is 3.95. The summed E-state index contributed by atoms with van der Waals surface area (Å²) in [6, 6.07) is 6.54. The van der Waals surface area contributed by atoms with Gasteiger partial charge in [-0.1, -0.05) is 12.1 Å². The van der Waals surface area contributed by atoms with Crippen molar-refractivity contribution < 1.29 is 0 Å². The van der Waals surface area contributed by atoms with E-state index in [4.69, 9.17) is 0 Å². The quantitative estimate of drug-likeness (QED) is 0.548. The van der Waals surface area contributed by atoms with Gasteiger partial charge >= 0.3 is 0 Å². The molecule has 0 nitrogen and oxygen atoms in total. The lowest BCUT2D eigenvalue weighted by Gasteiger charge is -2.13. The van der Waals surface area contributed by atoms with E-state index in [0.717, 1.165) is 17.7 Å². The Morgan fingerprint density at radius 2 is 2.17 bits per heavy atom. The van der Waals surface area contributed by atoms with E-state index in [9.17, 15) is 0 Å². The van der Waals surface area contributed by atoms with E-state index in [-0.39, 0.29) is 0 Å². The van der Waals surface area contributed by atoms with Crippen LogP contribution in [0.3, 0.4) is 0 Å². The SMILES string of the molecule is SC1=CCCc2cc(I)ccc21. The number of halogens is 1. The molecule has 0 aromatic heterocycles. The Bertz CT molecular complexity index is 342. The molecular weight excluding hydrogens is 279 g/mol. The highest BCUT2D eigenvalue weighted by molar-refractivity contribution is 14.1. The summed E-state index contributed by atoms with van der Waals surface area (Å²) in [4.78, 5) is 1.13. The maximum Gasteiger partial charge on any atom is 0.0133 e. The van der Waals surface area contributed by atoms with Crippen molar-refractivity contribution in [1.82, 2.24) is 0 Å². The summed E-state index contributed by atoms with van der Waals surface area (Å²) < 4.78 is 1.31. The molecule has 1 aliphatic rings. The number of hydrogen-bond donors (Lipinski definition) is 1. The van der Waals surface area contributed by atoms with Gasteiger partial charge in [0.15, 0.2) is 0 Å². The standard InChI is InChI=1S/C10H9IS/c11-8-4-5-9-7(6-8)2-1-3-10(9)12/h3-6,12H,1-2H2. The lowest BCUT2D eigenvalue weighted by molar-refractivity contribution is 0.982. The van der Waals surface area contributed by atoms with Gasteiger partial charge in [0.05, 0.1) is 0 Å². The van der Waals surface area contributed by atoms with Crippen LogP contribution in [0.1, 0.15) is 17.5 Å². The first-order valence-corrected chi connectivity index (χ1v) is 5.48. The molecule has 0 saturated heterocycles. The molecule has 1 aliphatic carbocycles. The fraction of sp³-hybridized carbons (Fsp3) is 0.200. The van der Waals surface area contributed by atoms with Crippen molar-refractivity contribution in [2.75, 3.05) is 0 Å². The van der Waals surface area contributed by atoms with E-state index in [1.165, 1.54) is 14.7 Å². The maximum atomic E-state index is 4.43. The first-order chi connectivity index (χ1) is 5.77. The van der Waals surface area contributed by atoms with Gasteiger partial charge in [0, 0.05) is 8.48 Å². The Balaban J connectivity index is 2.56. The number of aryl methyl sites for hydroxylation is 1. The first kappa shape index (κ1) is 8.63. The summed E-state index contributed by atoms with van der Waals surface area (Å²) in [5.41, 5.74) is 2.75. The van der Waals surface area contributed by atoms with Crippen molar-refractivity contribution in [3.8, 4) is 0 Å². The normalized spacial score (nSPS) is 15.3. The van der Waals surface area contributed by atoms with Gasteiger partial charge in [0.25, 0.3) is 0 Å². The van der Waals surface area contributed by atoms with Crippen LogP contribution in [0.15, 0.2) is 24.3 Å². The molecule has 2 heteroatoms. The summed E-state index contributed by atoms with van der Waals surface area (Å²) >= 11 is 6.78. The fourth-order valence-electron chi connectivity index (χ4n) is 1.49. The molecular formula is C10H9IS. The maximum absolute atomic E-state index is 4.43. The number of hydrogen-bond acceptors (Lipinski definition) is 1. The minimum Gasteiger partial charge on any atom is -0.143 e. The van der Waals surface area contributed by atoms with Crippen LogP contribution in [-0.4, -0.2) is 0 Å². The number of benzene rings is 1. The van der Waals surface area contributed by atoms with Gasteiger partial charge in [0.2, 0.25) is 0 Å².